The molecule has 1 aliphatic rings. The third-order valence-corrected chi connectivity index (χ3v) is 8.05. The molecule has 244 valence electrons. The van der Waals surface area contributed by atoms with E-state index in [1.54, 1.807) is 38.1 Å². The Morgan fingerprint density at radius 2 is 1.72 bits per heavy atom. The number of nitrogens with one attached hydrogen (secondary N) is 2. The van der Waals surface area contributed by atoms with E-state index in [2.05, 4.69) is 20.5 Å². The monoisotopic (exact) mass is 651 g/mol. The van der Waals surface area contributed by atoms with Gasteiger partial charge in [-0.2, -0.15) is 13.2 Å². The lowest BCUT2D eigenvalue weighted by molar-refractivity contribution is -0.274. The molecule has 0 fully saturated rings. The zero-order chi connectivity index (χ0) is 33.6. The Bertz CT molecular complexity index is 1750. The van der Waals surface area contributed by atoms with Crippen molar-refractivity contribution in [3.05, 3.63) is 88.9 Å². The fourth-order valence-electron chi connectivity index (χ4n) is 6.13. The van der Waals surface area contributed by atoms with E-state index in [0.29, 0.717) is 35.7 Å². The zero-order valence-electron chi connectivity index (χ0n) is 24.6. The zero-order valence-corrected chi connectivity index (χ0v) is 24.6. The average molecular weight is 652 g/mol. The van der Waals surface area contributed by atoms with Crippen molar-refractivity contribution in [1.82, 2.24) is 5.16 Å². The highest BCUT2D eigenvalue weighted by Gasteiger charge is 2.43. The summed E-state index contributed by atoms with van der Waals surface area (Å²) in [4.78, 5) is 12.8. The SMILES string of the molecule is CC1c2c(O)cc(F)c(-c3cc(C(F)(F)F)no3)c2C(C)(C)CC1Cc1ccccc1NC(=O)Nc1ccc(OC(F)(F)F)cc1. The lowest BCUT2D eigenvalue weighted by atomic mass is 9.61. The number of rotatable bonds is 6. The Kier molecular flexibility index (Phi) is 8.43. The van der Waals surface area contributed by atoms with Crippen molar-refractivity contribution in [2.45, 2.75) is 57.5 Å². The lowest BCUT2D eigenvalue weighted by Crippen LogP contribution is -2.34. The highest BCUT2D eigenvalue weighted by atomic mass is 19.4. The number of para-hydroxylation sites is 1. The number of phenolic OH excluding ortho intramolecular Hbond substituents is 1. The second-order valence-corrected chi connectivity index (χ2v) is 11.8. The fraction of sp³-hybridized carbons (Fsp3) is 0.312. The van der Waals surface area contributed by atoms with Crippen molar-refractivity contribution < 1.29 is 49.9 Å². The first kappa shape index (κ1) is 32.6. The number of aromatic nitrogens is 1. The van der Waals surface area contributed by atoms with Gasteiger partial charge >= 0.3 is 18.6 Å². The molecule has 1 aliphatic carbocycles. The number of nitrogens with zero attached hydrogens (tertiary/aromatic N) is 1. The molecule has 0 bridgehead atoms. The summed E-state index contributed by atoms with van der Waals surface area (Å²) in [5.41, 5.74) is -0.218. The highest BCUT2D eigenvalue weighted by molar-refractivity contribution is 6.00. The molecule has 2 unspecified atom stereocenters. The van der Waals surface area contributed by atoms with Gasteiger partial charge in [-0.15, -0.1) is 13.2 Å². The third kappa shape index (κ3) is 6.90. The van der Waals surface area contributed by atoms with E-state index < -0.39 is 52.9 Å². The van der Waals surface area contributed by atoms with Crippen molar-refractivity contribution in [2.24, 2.45) is 5.92 Å². The summed E-state index contributed by atoms with van der Waals surface area (Å²) >= 11 is 0. The van der Waals surface area contributed by atoms with E-state index in [4.69, 9.17) is 4.52 Å². The molecule has 14 heteroatoms. The maximum absolute atomic E-state index is 15.3. The molecule has 0 saturated carbocycles. The molecule has 2 amide bonds. The molecule has 7 nitrogen and oxygen atoms in total. The van der Waals surface area contributed by atoms with Crippen molar-refractivity contribution in [2.75, 3.05) is 10.6 Å². The molecule has 3 N–H and O–H groups in total. The number of hydrogen-bond donors (Lipinski definition) is 3. The maximum Gasteiger partial charge on any atom is 0.573 e. The number of carbonyl (C=O) groups excluding carboxylic acids is 1. The van der Waals surface area contributed by atoms with Gasteiger partial charge < -0.3 is 25.0 Å². The van der Waals surface area contributed by atoms with Crippen molar-refractivity contribution in [3.63, 3.8) is 0 Å². The number of amides is 2. The summed E-state index contributed by atoms with van der Waals surface area (Å²) in [5.74, 6) is -2.69. The van der Waals surface area contributed by atoms with Crippen LogP contribution in [-0.2, 0) is 18.0 Å². The lowest BCUT2D eigenvalue weighted by Gasteiger charge is -2.43. The number of carbonyl (C=O) groups is 1. The molecule has 5 rings (SSSR count). The van der Waals surface area contributed by atoms with Gasteiger partial charge in [-0.05, 0) is 71.6 Å². The first-order valence-corrected chi connectivity index (χ1v) is 14.0. The predicted molar refractivity (Wildman–Crippen MR) is 154 cm³/mol. The van der Waals surface area contributed by atoms with Crippen molar-refractivity contribution in [1.29, 1.82) is 0 Å². The Morgan fingerprint density at radius 3 is 2.35 bits per heavy atom. The first-order valence-electron chi connectivity index (χ1n) is 14.0. The Labute approximate surface area is 258 Å². The normalized spacial score (nSPS) is 17.7. The molecule has 0 saturated heterocycles. The summed E-state index contributed by atoms with van der Waals surface area (Å²) < 4.78 is 101. The fourth-order valence-corrected chi connectivity index (χ4v) is 6.13. The summed E-state index contributed by atoms with van der Waals surface area (Å²) in [6.45, 7) is 5.43. The van der Waals surface area contributed by atoms with Gasteiger partial charge in [0.2, 0.25) is 0 Å². The number of halogens is 7. The van der Waals surface area contributed by atoms with Gasteiger partial charge in [0.25, 0.3) is 0 Å². The van der Waals surface area contributed by atoms with E-state index in [1.165, 1.54) is 12.1 Å². The van der Waals surface area contributed by atoms with Crippen LogP contribution in [-0.4, -0.2) is 22.7 Å². The minimum absolute atomic E-state index is 0.167. The van der Waals surface area contributed by atoms with Gasteiger partial charge in [0.05, 0.1) is 5.56 Å². The first-order chi connectivity index (χ1) is 21.4. The van der Waals surface area contributed by atoms with Crippen LogP contribution in [0.4, 0.5) is 46.9 Å². The molecule has 3 aromatic carbocycles. The number of benzene rings is 3. The summed E-state index contributed by atoms with van der Waals surface area (Å²) in [6, 6.07) is 12.4. The van der Waals surface area contributed by atoms with Crippen LogP contribution in [0.5, 0.6) is 11.5 Å². The molecule has 46 heavy (non-hydrogen) atoms. The molecular weight excluding hydrogens is 623 g/mol. The van der Waals surface area contributed by atoms with Crippen LogP contribution in [0.25, 0.3) is 11.3 Å². The van der Waals surface area contributed by atoms with Crippen molar-refractivity contribution >= 4 is 17.4 Å². The van der Waals surface area contributed by atoms with Crippen molar-refractivity contribution in [3.8, 4) is 22.8 Å². The smallest absolute Gasteiger partial charge is 0.508 e. The molecule has 4 aromatic rings. The molecule has 1 aromatic heterocycles. The average Bonchev–Trinajstić information content (AvgIpc) is 3.43. The second-order valence-electron chi connectivity index (χ2n) is 11.8. The number of aromatic hydroxyl groups is 1. The van der Waals surface area contributed by atoms with E-state index in [9.17, 15) is 36.2 Å². The topological polar surface area (TPSA) is 96.6 Å². The minimum atomic E-state index is -4.85. The Balaban J connectivity index is 1.39. The Hall–Kier alpha value is -4.75. The van der Waals surface area contributed by atoms with Gasteiger partial charge in [0.15, 0.2) is 11.5 Å². The number of urea groups is 1. The van der Waals surface area contributed by atoms with Crippen LogP contribution >= 0.6 is 0 Å². The standard InChI is InChI=1S/C32H28F7N3O4/c1-16-18(12-17-6-4-5-7-22(17)41-29(44)40-19-8-10-20(11-9-19)45-32(37,38)39)15-30(2,3)28-26(16)23(43)13-21(33)27(28)24-14-25(42-46-24)31(34,35)36/h4-11,13-14,16,18,43H,12,15H2,1-3H3,(H2,40,41,44). The van der Waals surface area contributed by atoms with Crippen LogP contribution in [0.2, 0.25) is 0 Å². The summed E-state index contributed by atoms with van der Waals surface area (Å²) in [6.07, 6.45) is -8.81. The number of phenols is 1. The third-order valence-electron chi connectivity index (χ3n) is 8.05. The summed E-state index contributed by atoms with van der Waals surface area (Å²) in [5, 5.41) is 19.3. The highest BCUT2D eigenvalue weighted by Crippen LogP contribution is 2.54. The quantitative estimate of drug-likeness (QED) is 0.181. The van der Waals surface area contributed by atoms with Gasteiger partial charge in [0, 0.05) is 29.1 Å². The van der Waals surface area contributed by atoms with Gasteiger partial charge in [0.1, 0.15) is 17.3 Å². The Morgan fingerprint density at radius 1 is 1.04 bits per heavy atom. The number of anilines is 2. The predicted octanol–water partition coefficient (Wildman–Crippen LogP) is 9.39. The van der Waals surface area contributed by atoms with E-state index in [0.717, 1.165) is 23.8 Å². The molecule has 0 spiro atoms. The second kappa shape index (κ2) is 11.9. The van der Waals surface area contributed by atoms with E-state index >= 15 is 4.39 Å². The van der Waals surface area contributed by atoms with E-state index in [-0.39, 0.29) is 22.9 Å². The van der Waals surface area contributed by atoms with E-state index in [1.807, 2.05) is 6.92 Å². The molecular formula is C32H28F7N3O4. The minimum Gasteiger partial charge on any atom is -0.508 e. The number of hydrogen-bond acceptors (Lipinski definition) is 5. The van der Waals surface area contributed by atoms with Gasteiger partial charge in [-0.25, -0.2) is 9.18 Å². The molecule has 1 heterocycles. The number of alkyl halides is 6. The largest absolute Gasteiger partial charge is 0.573 e. The number of fused-ring (bicyclic) bond motifs is 1. The van der Waals surface area contributed by atoms with Gasteiger partial charge in [-0.1, -0.05) is 44.1 Å². The van der Waals surface area contributed by atoms with Crippen LogP contribution in [0.15, 0.2) is 65.2 Å². The molecule has 2 atom stereocenters. The maximum atomic E-state index is 15.3. The van der Waals surface area contributed by atoms with Crippen LogP contribution in [0.1, 0.15) is 55.5 Å². The van der Waals surface area contributed by atoms with Gasteiger partial charge in [-0.3, -0.25) is 0 Å². The molecule has 0 radical (unpaired) electrons. The van der Waals surface area contributed by atoms with Crippen LogP contribution in [0, 0.1) is 11.7 Å². The molecule has 0 aliphatic heterocycles. The van der Waals surface area contributed by atoms with Crippen LogP contribution in [0.3, 0.4) is 0 Å². The van der Waals surface area contributed by atoms with Crippen LogP contribution < -0.4 is 15.4 Å². The summed E-state index contributed by atoms with van der Waals surface area (Å²) in [7, 11) is 0. The number of ether oxygens (including phenoxy) is 1.